The van der Waals surface area contributed by atoms with Crippen molar-refractivity contribution in [2.24, 2.45) is 0 Å². The Hall–Kier alpha value is -3.13. The molecule has 0 unspecified atom stereocenters. The van der Waals surface area contributed by atoms with Gasteiger partial charge in [0.15, 0.2) is 0 Å². The Morgan fingerprint density at radius 2 is 1.92 bits per heavy atom. The van der Waals surface area contributed by atoms with E-state index in [4.69, 9.17) is 0 Å². The number of rotatable bonds is 5. The molecule has 3 aromatic rings. The van der Waals surface area contributed by atoms with Crippen LogP contribution in [0.25, 0.3) is 10.7 Å². The highest BCUT2D eigenvalue weighted by Crippen LogP contribution is 2.22. The second-order valence-corrected chi connectivity index (χ2v) is 6.61. The molecule has 7 nitrogen and oxygen atoms in total. The van der Waals surface area contributed by atoms with E-state index < -0.39 is 0 Å². The summed E-state index contributed by atoms with van der Waals surface area (Å²) in [5.41, 5.74) is 1.70. The van der Waals surface area contributed by atoms with Crippen LogP contribution in [0.4, 0.5) is 5.69 Å². The summed E-state index contributed by atoms with van der Waals surface area (Å²) in [6, 6.07) is 6.86. The number of aromatic nitrogens is 3. The van der Waals surface area contributed by atoms with Crippen LogP contribution in [-0.4, -0.2) is 32.8 Å². The van der Waals surface area contributed by atoms with Gasteiger partial charge in [-0.05, 0) is 26.0 Å². The standard InChI is InChI=1S/C18H17N5O2S/c1-11(2)21-16(24)12-5-3-4-6-13(12)22-17(25)15-10-26-18(23-15)14-9-19-7-8-20-14/h3-11H,1-2H3,(H,21,24)(H,22,25). The van der Waals surface area contributed by atoms with Gasteiger partial charge in [0.05, 0.1) is 17.4 Å². The number of thiazole rings is 1. The lowest BCUT2D eigenvalue weighted by molar-refractivity contribution is 0.0944. The van der Waals surface area contributed by atoms with Crippen molar-refractivity contribution >= 4 is 28.8 Å². The molecule has 0 aliphatic heterocycles. The molecule has 3 rings (SSSR count). The van der Waals surface area contributed by atoms with Gasteiger partial charge in [-0.3, -0.25) is 19.6 Å². The van der Waals surface area contributed by atoms with Crippen LogP contribution in [-0.2, 0) is 0 Å². The third-order valence-electron chi connectivity index (χ3n) is 3.36. The van der Waals surface area contributed by atoms with Crippen molar-refractivity contribution < 1.29 is 9.59 Å². The molecule has 0 spiro atoms. The lowest BCUT2D eigenvalue weighted by Crippen LogP contribution is -2.31. The zero-order valence-electron chi connectivity index (χ0n) is 14.3. The smallest absolute Gasteiger partial charge is 0.275 e. The quantitative estimate of drug-likeness (QED) is 0.722. The van der Waals surface area contributed by atoms with Crippen LogP contribution in [0.5, 0.6) is 0 Å². The van der Waals surface area contributed by atoms with Crippen molar-refractivity contribution in [2.45, 2.75) is 19.9 Å². The molecule has 0 saturated heterocycles. The molecule has 0 saturated carbocycles. The predicted octanol–water partition coefficient (Wildman–Crippen LogP) is 2.99. The number of nitrogens with zero attached hydrogens (tertiary/aromatic N) is 3. The molecule has 0 aliphatic carbocycles. The van der Waals surface area contributed by atoms with E-state index in [2.05, 4.69) is 25.6 Å². The predicted molar refractivity (Wildman–Crippen MR) is 100 cm³/mol. The normalized spacial score (nSPS) is 10.6. The summed E-state index contributed by atoms with van der Waals surface area (Å²) in [6.45, 7) is 3.75. The summed E-state index contributed by atoms with van der Waals surface area (Å²) in [6.07, 6.45) is 4.73. The van der Waals surface area contributed by atoms with Crippen molar-refractivity contribution in [3.8, 4) is 10.7 Å². The second-order valence-electron chi connectivity index (χ2n) is 5.76. The van der Waals surface area contributed by atoms with Crippen LogP contribution in [0.3, 0.4) is 0 Å². The van der Waals surface area contributed by atoms with Crippen LogP contribution in [0.2, 0.25) is 0 Å². The number of nitrogens with one attached hydrogen (secondary N) is 2. The summed E-state index contributed by atoms with van der Waals surface area (Å²) >= 11 is 1.31. The number of carbonyl (C=O) groups is 2. The van der Waals surface area contributed by atoms with Gasteiger partial charge in [-0.25, -0.2) is 4.98 Å². The van der Waals surface area contributed by atoms with Crippen LogP contribution >= 0.6 is 11.3 Å². The Kier molecular flexibility index (Phi) is 5.33. The maximum Gasteiger partial charge on any atom is 0.275 e. The molecule has 2 amide bonds. The number of anilines is 1. The van der Waals surface area contributed by atoms with Crippen LogP contribution in [0, 0.1) is 0 Å². The van der Waals surface area contributed by atoms with Crippen molar-refractivity contribution in [3.05, 3.63) is 59.5 Å². The summed E-state index contributed by atoms with van der Waals surface area (Å²) in [5.74, 6) is -0.629. The van der Waals surface area contributed by atoms with E-state index in [1.165, 1.54) is 11.3 Å². The van der Waals surface area contributed by atoms with E-state index >= 15 is 0 Å². The van der Waals surface area contributed by atoms with Gasteiger partial charge in [-0.1, -0.05) is 12.1 Å². The molecule has 2 aromatic heterocycles. The topological polar surface area (TPSA) is 96.9 Å². The largest absolute Gasteiger partial charge is 0.350 e. The molecular weight excluding hydrogens is 350 g/mol. The maximum absolute atomic E-state index is 12.5. The van der Waals surface area contributed by atoms with E-state index in [-0.39, 0.29) is 23.6 Å². The fourth-order valence-electron chi connectivity index (χ4n) is 2.22. The molecule has 0 bridgehead atoms. The molecule has 26 heavy (non-hydrogen) atoms. The van der Waals surface area contributed by atoms with Gasteiger partial charge < -0.3 is 10.6 Å². The maximum atomic E-state index is 12.5. The number of hydrogen-bond donors (Lipinski definition) is 2. The molecule has 2 heterocycles. The fraction of sp³-hybridized carbons (Fsp3) is 0.167. The summed E-state index contributed by atoms with van der Waals surface area (Å²) < 4.78 is 0. The van der Waals surface area contributed by atoms with Crippen LogP contribution in [0.15, 0.2) is 48.2 Å². The highest BCUT2D eigenvalue weighted by molar-refractivity contribution is 7.13. The van der Waals surface area contributed by atoms with E-state index in [0.29, 0.717) is 22.0 Å². The Balaban J connectivity index is 1.79. The molecule has 2 N–H and O–H groups in total. The average molecular weight is 367 g/mol. The van der Waals surface area contributed by atoms with Gasteiger partial charge in [0.2, 0.25) is 0 Å². The van der Waals surface area contributed by atoms with E-state index in [9.17, 15) is 9.59 Å². The van der Waals surface area contributed by atoms with Crippen LogP contribution < -0.4 is 10.6 Å². The van der Waals surface area contributed by atoms with Crippen LogP contribution in [0.1, 0.15) is 34.7 Å². The van der Waals surface area contributed by atoms with Gasteiger partial charge in [0.1, 0.15) is 16.4 Å². The SMILES string of the molecule is CC(C)NC(=O)c1ccccc1NC(=O)c1csc(-c2cnccn2)n1. The zero-order valence-corrected chi connectivity index (χ0v) is 15.1. The van der Waals surface area contributed by atoms with Crippen molar-refractivity contribution in [3.63, 3.8) is 0 Å². The summed E-state index contributed by atoms with van der Waals surface area (Å²) in [4.78, 5) is 37.3. The molecular formula is C18H17N5O2S. The number of para-hydroxylation sites is 1. The first kappa shape index (κ1) is 17.7. The molecule has 132 valence electrons. The van der Waals surface area contributed by atoms with Gasteiger partial charge in [0, 0.05) is 23.8 Å². The lowest BCUT2D eigenvalue weighted by atomic mass is 10.1. The molecule has 0 radical (unpaired) electrons. The highest BCUT2D eigenvalue weighted by atomic mass is 32.1. The van der Waals surface area contributed by atoms with E-state index in [1.54, 1.807) is 48.2 Å². The minimum Gasteiger partial charge on any atom is -0.350 e. The Morgan fingerprint density at radius 3 is 2.65 bits per heavy atom. The van der Waals surface area contributed by atoms with E-state index in [1.807, 2.05) is 13.8 Å². The number of benzene rings is 1. The van der Waals surface area contributed by atoms with Gasteiger partial charge in [-0.15, -0.1) is 11.3 Å². The molecule has 0 aliphatic rings. The fourth-order valence-corrected chi connectivity index (χ4v) is 2.98. The minimum absolute atomic E-state index is 0.000613. The molecule has 8 heteroatoms. The Morgan fingerprint density at radius 1 is 1.12 bits per heavy atom. The van der Waals surface area contributed by atoms with Crippen molar-refractivity contribution in [2.75, 3.05) is 5.32 Å². The van der Waals surface area contributed by atoms with Crippen molar-refractivity contribution in [1.29, 1.82) is 0 Å². The van der Waals surface area contributed by atoms with Crippen molar-refractivity contribution in [1.82, 2.24) is 20.3 Å². The van der Waals surface area contributed by atoms with Gasteiger partial charge in [-0.2, -0.15) is 0 Å². The summed E-state index contributed by atoms with van der Waals surface area (Å²) in [7, 11) is 0. The monoisotopic (exact) mass is 367 g/mol. The van der Waals surface area contributed by atoms with Gasteiger partial charge >= 0.3 is 0 Å². The van der Waals surface area contributed by atoms with E-state index in [0.717, 1.165) is 0 Å². The first-order chi connectivity index (χ1) is 12.5. The number of hydrogen-bond acceptors (Lipinski definition) is 6. The van der Waals surface area contributed by atoms with Gasteiger partial charge in [0.25, 0.3) is 11.8 Å². The average Bonchev–Trinajstić information content (AvgIpc) is 3.12. The highest BCUT2D eigenvalue weighted by Gasteiger charge is 2.17. The molecule has 1 aromatic carbocycles. The third kappa shape index (κ3) is 4.09. The second kappa shape index (κ2) is 7.83. The molecule has 0 atom stereocenters. The number of carbonyl (C=O) groups excluding carboxylic acids is 2. The molecule has 0 fully saturated rings. The first-order valence-corrected chi connectivity index (χ1v) is 8.85. The summed E-state index contributed by atoms with van der Waals surface area (Å²) in [5, 5.41) is 7.83. The Bertz CT molecular complexity index is 924. The first-order valence-electron chi connectivity index (χ1n) is 7.97. The third-order valence-corrected chi connectivity index (χ3v) is 4.22. The lowest BCUT2D eigenvalue weighted by Gasteiger charge is -2.12. The zero-order chi connectivity index (χ0) is 18.5. The minimum atomic E-state index is -0.388. The Labute approximate surface area is 154 Å². The number of amides is 2.